The molecular formula is C15H17N3O. The van der Waals surface area contributed by atoms with Crippen LogP contribution in [0.5, 0.6) is 0 Å². The number of nitrogens with one attached hydrogen (secondary N) is 1. The molecule has 2 rings (SSSR count). The fourth-order valence-electron chi connectivity index (χ4n) is 1.71. The van der Waals surface area contributed by atoms with Crippen LogP contribution in [0.25, 0.3) is 0 Å². The highest BCUT2D eigenvalue weighted by atomic mass is 16.1. The van der Waals surface area contributed by atoms with E-state index in [0.717, 1.165) is 11.3 Å². The van der Waals surface area contributed by atoms with Crippen LogP contribution in [0.3, 0.4) is 0 Å². The van der Waals surface area contributed by atoms with Crippen LogP contribution in [0.15, 0.2) is 48.8 Å². The molecule has 98 valence electrons. The molecule has 0 aliphatic carbocycles. The summed E-state index contributed by atoms with van der Waals surface area (Å²) in [6.07, 6.45) is 3.43. The van der Waals surface area contributed by atoms with E-state index in [-0.39, 0.29) is 5.91 Å². The molecule has 0 spiro atoms. The Balaban J connectivity index is 2.02. The molecule has 19 heavy (non-hydrogen) atoms. The predicted molar refractivity (Wildman–Crippen MR) is 76.2 cm³/mol. The van der Waals surface area contributed by atoms with Crippen LogP contribution >= 0.6 is 0 Å². The largest absolute Gasteiger partial charge is 0.378 e. The Kier molecular flexibility index (Phi) is 4.13. The van der Waals surface area contributed by atoms with Crippen LogP contribution in [0.1, 0.15) is 15.9 Å². The van der Waals surface area contributed by atoms with Crippen molar-refractivity contribution in [3.8, 4) is 0 Å². The summed E-state index contributed by atoms with van der Waals surface area (Å²) in [4.78, 5) is 18.0. The van der Waals surface area contributed by atoms with Gasteiger partial charge in [0.15, 0.2) is 0 Å². The molecule has 0 unspecified atom stereocenters. The molecule has 1 heterocycles. The Hall–Kier alpha value is -2.36. The quantitative estimate of drug-likeness (QED) is 0.909. The Morgan fingerprint density at radius 1 is 1.21 bits per heavy atom. The summed E-state index contributed by atoms with van der Waals surface area (Å²) in [6.45, 7) is 0.507. The van der Waals surface area contributed by atoms with Gasteiger partial charge in [0.25, 0.3) is 5.91 Å². The zero-order valence-electron chi connectivity index (χ0n) is 11.1. The van der Waals surface area contributed by atoms with Gasteiger partial charge >= 0.3 is 0 Å². The third-order valence-corrected chi connectivity index (χ3v) is 2.83. The van der Waals surface area contributed by atoms with Gasteiger partial charge in [-0.15, -0.1) is 0 Å². The number of hydrogen-bond acceptors (Lipinski definition) is 3. The van der Waals surface area contributed by atoms with Gasteiger partial charge in [0.1, 0.15) is 0 Å². The van der Waals surface area contributed by atoms with Crippen LogP contribution in [0.2, 0.25) is 0 Å². The van der Waals surface area contributed by atoms with Gasteiger partial charge < -0.3 is 10.2 Å². The van der Waals surface area contributed by atoms with Gasteiger partial charge in [-0.1, -0.05) is 6.07 Å². The SMILES string of the molecule is CN(C)c1cccc(C(=O)NCc2ccncc2)c1. The monoisotopic (exact) mass is 255 g/mol. The van der Waals surface area contributed by atoms with E-state index < -0.39 is 0 Å². The van der Waals surface area contributed by atoms with Crippen molar-refractivity contribution in [2.24, 2.45) is 0 Å². The van der Waals surface area contributed by atoms with Gasteiger partial charge in [-0.05, 0) is 35.9 Å². The van der Waals surface area contributed by atoms with Crippen molar-refractivity contribution in [2.45, 2.75) is 6.54 Å². The van der Waals surface area contributed by atoms with Gasteiger partial charge in [0.2, 0.25) is 0 Å². The zero-order chi connectivity index (χ0) is 13.7. The molecule has 1 aromatic carbocycles. The maximum Gasteiger partial charge on any atom is 0.251 e. The summed E-state index contributed by atoms with van der Waals surface area (Å²) in [5.74, 6) is -0.0690. The Morgan fingerprint density at radius 3 is 2.63 bits per heavy atom. The average molecular weight is 255 g/mol. The van der Waals surface area contributed by atoms with Crippen molar-refractivity contribution in [1.82, 2.24) is 10.3 Å². The van der Waals surface area contributed by atoms with Crippen molar-refractivity contribution < 1.29 is 4.79 Å². The van der Waals surface area contributed by atoms with Crippen molar-refractivity contribution in [2.75, 3.05) is 19.0 Å². The van der Waals surface area contributed by atoms with Crippen molar-refractivity contribution in [1.29, 1.82) is 0 Å². The van der Waals surface area contributed by atoms with E-state index in [9.17, 15) is 4.79 Å². The smallest absolute Gasteiger partial charge is 0.251 e. The molecule has 0 aliphatic rings. The lowest BCUT2D eigenvalue weighted by molar-refractivity contribution is 0.0951. The topological polar surface area (TPSA) is 45.2 Å². The lowest BCUT2D eigenvalue weighted by Crippen LogP contribution is -2.23. The normalized spacial score (nSPS) is 10.0. The number of hydrogen-bond donors (Lipinski definition) is 1. The second kappa shape index (κ2) is 6.00. The molecule has 0 radical (unpaired) electrons. The minimum absolute atomic E-state index is 0.0690. The first-order chi connectivity index (χ1) is 9.16. The minimum atomic E-state index is -0.0690. The number of pyridine rings is 1. The van der Waals surface area contributed by atoms with Crippen LogP contribution in [-0.4, -0.2) is 25.0 Å². The Bertz CT molecular complexity index is 552. The summed E-state index contributed by atoms with van der Waals surface area (Å²) in [6, 6.07) is 11.3. The maximum absolute atomic E-state index is 12.0. The van der Waals surface area contributed by atoms with E-state index >= 15 is 0 Å². The number of aromatic nitrogens is 1. The van der Waals surface area contributed by atoms with E-state index in [4.69, 9.17) is 0 Å². The summed E-state index contributed by atoms with van der Waals surface area (Å²) in [5.41, 5.74) is 2.71. The summed E-state index contributed by atoms with van der Waals surface area (Å²) < 4.78 is 0. The first kappa shape index (κ1) is 13.1. The van der Waals surface area contributed by atoms with Crippen molar-refractivity contribution in [3.63, 3.8) is 0 Å². The average Bonchev–Trinajstić information content (AvgIpc) is 2.46. The number of anilines is 1. The van der Waals surface area contributed by atoms with Gasteiger partial charge in [-0.2, -0.15) is 0 Å². The fraction of sp³-hybridized carbons (Fsp3) is 0.200. The second-order valence-corrected chi connectivity index (χ2v) is 4.48. The molecule has 0 saturated heterocycles. The molecule has 0 bridgehead atoms. The highest BCUT2D eigenvalue weighted by Gasteiger charge is 2.06. The molecule has 1 aromatic heterocycles. The lowest BCUT2D eigenvalue weighted by atomic mass is 10.1. The molecule has 0 fully saturated rings. The first-order valence-corrected chi connectivity index (χ1v) is 6.11. The molecule has 0 aliphatic heterocycles. The molecule has 0 saturated carbocycles. The van der Waals surface area contributed by atoms with E-state index in [0.29, 0.717) is 12.1 Å². The highest BCUT2D eigenvalue weighted by molar-refractivity contribution is 5.95. The number of carbonyl (C=O) groups is 1. The van der Waals surface area contributed by atoms with E-state index in [2.05, 4.69) is 10.3 Å². The summed E-state index contributed by atoms with van der Waals surface area (Å²) in [7, 11) is 3.90. The molecule has 2 aromatic rings. The number of benzene rings is 1. The van der Waals surface area contributed by atoms with E-state index in [1.54, 1.807) is 12.4 Å². The second-order valence-electron chi connectivity index (χ2n) is 4.48. The number of carbonyl (C=O) groups excluding carboxylic acids is 1. The summed E-state index contributed by atoms with van der Waals surface area (Å²) >= 11 is 0. The van der Waals surface area contributed by atoms with Crippen LogP contribution in [0, 0.1) is 0 Å². The Morgan fingerprint density at radius 2 is 1.95 bits per heavy atom. The third kappa shape index (κ3) is 3.55. The first-order valence-electron chi connectivity index (χ1n) is 6.11. The van der Waals surface area contributed by atoms with Gasteiger partial charge in [-0.3, -0.25) is 9.78 Å². The predicted octanol–water partition coefficient (Wildman–Crippen LogP) is 2.08. The maximum atomic E-state index is 12.0. The van der Waals surface area contributed by atoms with Gasteiger partial charge in [0, 0.05) is 44.3 Å². The number of rotatable bonds is 4. The Labute approximate surface area is 113 Å². The van der Waals surface area contributed by atoms with Gasteiger partial charge in [-0.25, -0.2) is 0 Å². The van der Waals surface area contributed by atoms with E-state index in [1.807, 2.05) is 55.4 Å². The molecule has 0 atom stereocenters. The van der Waals surface area contributed by atoms with Crippen molar-refractivity contribution >= 4 is 11.6 Å². The fourth-order valence-corrected chi connectivity index (χ4v) is 1.71. The third-order valence-electron chi connectivity index (χ3n) is 2.83. The molecule has 4 nitrogen and oxygen atoms in total. The molecule has 4 heteroatoms. The van der Waals surface area contributed by atoms with Crippen LogP contribution < -0.4 is 10.2 Å². The van der Waals surface area contributed by atoms with Crippen LogP contribution in [-0.2, 0) is 6.54 Å². The number of amides is 1. The van der Waals surface area contributed by atoms with Crippen LogP contribution in [0.4, 0.5) is 5.69 Å². The summed E-state index contributed by atoms with van der Waals surface area (Å²) in [5, 5.41) is 2.90. The zero-order valence-corrected chi connectivity index (χ0v) is 11.1. The number of nitrogens with zero attached hydrogens (tertiary/aromatic N) is 2. The van der Waals surface area contributed by atoms with Gasteiger partial charge in [0.05, 0.1) is 0 Å². The molecule has 1 N–H and O–H groups in total. The lowest BCUT2D eigenvalue weighted by Gasteiger charge is -2.13. The molecular weight excluding hydrogens is 238 g/mol. The standard InChI is InChI=1S/C15H17N3O/c1-18(2)14-5-3-4-13(10-14)15(19)17-11-12-6-8-16-9-7-12/h3-10H,11H2,1-2H3,(H,17,19). The van der Waals surface area contributed by atoms with Crippen molar-refractivity contribution in [3.05, 3.63) is 59.9 Å². The molecule has 1 amide bonds. The highest BCUT2D eigenvalue weighted by Crippen LogP contribution is 2.13. The minimum Gasteiger partial charge on any atom is -0.378 e. The van der Waals surface area contributed by atoms with E-state index in [1.165, 1.54) is 0 Å².